The first-order valence-corrected chi connectivity index (χ1v) is 6.45. The number of rotatable bonds is 1. The Morgan fingerprint density at radius 3 is 2.50 bits per heavy atom. The fourth-order valence-corrected chi connectivity index (χ4v) is 3.10. The molecule has 16 heavy (non-hydrogen) atoms. The summed E-state index contributed by atoms with van der Waals surface area (Å²) in [5.74, 6) is 1.16. The van der Waals surface area contributed by atoms with Crippen molar-refractivity contribution >= 4 is 23.3 Å². The highest BCUT2D eigenvalue weighted by Gasteiger charge is 2.17. The van der Waals surface area contributed by atoms with Crippen molar-refractivity contribution in [3.05, 3.63) is 60.2 Å². The maximum absolute atomic E-state index is 2.33. The van der Waals surface area contributed by atoms with E-state index in [-0.39, 0.29) is 0 Å². The number of anilines is 2. The molecule has 2 heteroatoms. The maximum atomic E-state index is 2.33. The van der Waals surface area contributed by atoms with Gasteiger partial charge in [0.1, 0.15) is 0 Å². The van der Waals surface area contributed by atoms with Crippen LogP contribution in [0.1, 0.15) is 5.56 Å². The van der Waals surface area contributed by atoms with E-state index in [1.165, 1.54) is 23.4 Å². The summed E-state index contributed by atoms with van der Waals surface area (Å²) in [4.78, 5) is 0. The van der Waals surface area contributed by atoms with Gasteiger partial charge in [-0.3, -0.25) is 4.31 Å². The van der Waals surface area contributed by atoms with Crippen LogP contribution in [0.25, 0.3) is 0 Å². The quantitative estimate of drug-likeness (QED) is 0.677. The second kappa shape index (κ2) is 4.22. The summed E-state index contributed by atoms with van der Waals surface area (Å²) in [5.41, 5.74) is 4.05. The molecular formula is C14H13NS. The summed E-state index contributed by atoms with van der Waals surface area (Å²) in [6, 6.07) is 19.2. The first-order valence-electron chi connectivity index (χ1n) is 5.51. The highest BCUT2D eigenvalue weighted by molar-refractivity contribution is 8.01. The van der Waals surface area contributed by atoms with E-state index >= 15 is 0 Å². The lowest BCUT2D eigenvalue weighted by atomic mass is 10.1. The summed E-state index contributed by atoms with van der Waals surface area (Å²) < 4.78 is 2.33. The van der Waals surface area contributed by atoms with Crippen LogP contribution in [0.4, 0.5) is 11.4 Å². The van der Waals surface area contributed by atoms with Crippen molar-refractivity contribution in [3.8, 4) is 0 Å². The highest BCUT2D eigenvalue weighted by Crippen LogP contribution is 2.38. The standard InChI is InChI=1S/C14H13NS/c1-2-7-13(8-3-1)15-14-9-5-4-6-12(14)10-11-16-15/h1-9H,10-11H2. The molecule has 0 saturated carbocycles. The summed E-state index contributed by atoms with van der Waals surface area (Å²) in [6.45, 7) is 0. The van der Waals surface area contributed by atoms with Gasteiger partial charge in [0.25, 0.3) is 0 Å². The van der Waals surface area contributed by atoms with Crippen LogP contribution in [0.15, 0.2) is 54.6 Å². The molecule has 0 unspecified atom stereocenters. The molecule has 1 aliphatic heterocycles. The van der Waals surface area contributed by atoms with Gasteiger partial charge < -0.3 is 0 Å². The lowest BCUT2D eigenvalue weighted by Crippen LogP contribution is -2.15. The molecule has 0 N–H and O–H groups in total. The molecular weight excluding hydrogens is 214 g/mol. The number of benzene rings is 2. The Hall–Kier alpha value is -1.41. The van der Waals surface area contributed by atoms with Crippen molar-refractivity contribution < 1.29 is 0 Å². The van der Waals surface area contributed by atoms with Gasteiger partial charge in [0.2, 0.25) is 0 Å². The largest absolute Gasteiger partial charge is 0.284 e. The average molecular weight is 227 g/mol. The van der Waals surface area contributed by atoms with Gasteiger partial charge in [0.15, 0.2) is 0 Å². The lowest BCUT2D eigenvalue weighted by Gasteiger charge is -2.29. The molecule has 1 nitrogen and oxygen atoms in total. The third-order valence-corrected chi connectivity index (χ3v) is 3.85. The molecule has 0 atom stereocenters. The van der Waals surface area contributed by atoms with Crippen LogP contribution in [-0.4, -0.2) is 5.75 Å². The Labute approximate surface area is 100 Å². The molecule has 0 radical (unpaired) electrons. The molecule has 1 aliphatic rings. The monoisotopic (exact) mass is 227 g/mol. The predicted molar refractivity (Wildman–Crippen MR) is 71.2 cm³/mol. The Bertz CT molecular complexity index is 481. The Kier molecular flexibility index (Phi) is 2.58. The Morgan fingerprint density at radius 2 is 1.62 bits per heavy atom. The zero-order valence-electron chi connectivity index (χ0n) is 8.97. The number of fused-ring (bicyclic) bond motifs is 1. The normalized spacial score (nSPS) is 14.6. The first-order chi connectivity index (χ1) is 7.95. The van der Waals surface area contributed by atoms with E-state index in [1.807, 2.05) is 11.9 Å². The zero-order chi connectivity index (χ0) is 10.8. The van der Waals surface area contributed by atoms with Gasteiger partial charge >= 0.3 is 0 Å². The van der Waals surface area contributed by atoms with Crippen LogP contribution >= 0.6 is 11.9 Å². The summed E-state index contributed by atoms with van der Waals surface area (Å²) in [5, 5.41) is 0. The molecule has 1 heterocycles. The Morgan fingerprint density at radius 1 is 0.875 bits per heavy atom. The van der Waals surface area contributed by atoms with Crippen LogP contribution in [0.5, 0.6) is 0 Å². The molecule has 0 aliphatic carbocycles. The smallest absolute Gasteiger partial charge is 0.0557 e. The van der Waals surface area contributed by atoms with Crippen molar-refractivity contribution in [2.24, 2.45) is 0 Å². The minimum atomic E-state index is 1.16. The molecule has 0 fully saturated rings. The van der Waals surface area contributed by atoms with Crippen molar-refractivity contribution in [2.75, 3.05) is 10.1 Å². The lowest BCUT2D eigenvalue weighted by molar-refractivity contribution is 1.12. The van der Waals surface area contributed by atoms with Gasteiger partial charge in [-0.1, -0.05) is 36.4 Å². The first kappa shape index (κ1) is 9.79. The molecule has 0 amide bonds. The van der Waals surface area contributed by atoms with Gasteiger partial charge in [-0.2, -0.15) is 0 Å². The van der Waals surface area contributed by atoms with Crippen LogP contribution in [-0.2, 0) is 6.42 Å². The molecule has 2 aromatic carbocycles. The van der Waals surface area contributed by atoms with Crippen molar-refractivity contribution in [3.63, 3.8) is 0 Å². The van der Waals surface area contributed by atoms with Gasteiger partial charge in [-0.05, 0) is 42.1 Å². The van der Waals surface area contributed by atoms with Crippen molar-refractivity contribution in [1.29, 1.82) is 0 Å². The van der Waals surface area contributed by atoms with Gasteiger partial charge in [-0.15, -0.1) is 0 Å². The van der Waals surface area contributed by atoms with E-state index in [4.69, 9.17) is 0 Å². The summed E-state index contributed by atoms with van der Waals surface area (Å²) in [7, 11) is 0. The van der Waals surface area contributed by atoms with Crippen LogP contribution in [0.3, 0.4) is 0 Å². The molecule has 0 aromatic heterocycles. The number of aryl methyl sites for hydroxylation is 1. The van der Waals surface area contributed by atoms with Crippen LogP contribution < -0.4 is 4.31 Å². The number of para-hydroxylation sites is 2. The van der Waals surface area contributed by atoms with Gasteiger partial charge in [-0.25, -0.2) is 0 Å². The second-order valence-electron chi connectivity index (χ2n) is 3.84. The fourth-order valence-electron chi connectivity index (χ4n) is 2.01. The topological polar surface area (TPSA) is 3.24 Å². The van der Waals surface area contributed by atoms with Crippen LogP contribution in [0.2, 0.25) is 0 Å². The molecule has 0 spiro atoms. The summed E-state index contributed by atoms with van der Waals surface area (Å²) in [6.07, 6.45) is 1.17. The van der Waals surface area contributed by atoms with Gasteiger partial charge in [0.05, 0.1) is 11.4 Å². The third-order valence-electron chi connectivity index (χ3n) is 2.79. The van der Waals surface area contributed by atoms with E-state index in [1.54, 1.807) is 0 Å². The molecule has 0 bridgehead atoms. The van der Waals surface area contributed by atoms with E-state index in [0.717, 1.165) is 5.75 Å². The van der Waals surface area contributed by atoms with Gasteiger partial charge in [0, 0.05) is 5.75 Å². The van der Waals surface area contributed by atoms with Crippen LogP contribution in [0, 0.1) is 0 Å². The SMILES string of the molecule is c1ccc(N2SCCc3ccccc32)cc1. The fraction of sp³-hybridized carbons (Fsp3) is 0.143. The molecule has 3 rings (SSSR count). The van der Waals surface area contributed by atoms with Crippen molar-refractivity contribution in [2.45, 2.75) is 6.42 Å². The van der Waals surface area contributed by atoms with E-state index in [2.05, 4.69) is 58.9 Å². The van der Waals surface area contributed by atoms with E-state index < -0.39 is 0 Å². The average Bonchev–Trinajstić information content (AvgIpc) is 2.39. The minimum absolute atomic E-state index is 1.16. The number of hydrogen-bond acceptors (Lipinski definition) is 2. The van der Waals surface area contributed by atoms with Crippen molar-refractivity contribution in [1.82, 2.24) is 0 Å². The minimum Gasteiger partial charge on any atom is -0.284 e. The summed E-state index contributed by atoms with van der Waals surface area (Å²) >= 11 is 1.89. The Balaban J connectivity index is 2.05. The maximum Gasteiger partial charge on any atom is 0.0557 e. The van der Waals surface area contributed by atoms with E-state index in [0.29, 0.717) is 0 Å². The molecule has 80 valence electrons. The highest BCUT2D eigenvalue weighted by atomic mass is 32.2. The third kappa shape index (κ3) is 1.69. The van der Waals surface area contributed by atoms with E-state index in [9.17, 15) is 0 Å². The number of hydrogen-bond donors (Lipinski definition) is 0. The second-order valence-corrected chi connectivity index (χ2v) is 4.87. The molecule has 2 aromatic rings. The molecule has 0 saturated heterocycles. The predicted octanol–water partition coefficient (Wildman–Crippen LogP) is 4.03. The number of nitrogens with zero attached hydrogens (tertiary/aromatic N) is 1. The zero-order valence-corrected chi connectivity index (χ0v) is 9.78.